The Morgan fingerprint density at radius 2 is 2.42 bits per heavy atom. The van der Waals surface area contributed by atoms with Crippen LogP contribution in [-0.4, -0.2) is 46.9 Å². The minimum atomic E-state index is -0.486. The molecule has 0 spiro atoms. The van der Waals surface area contributed by atoms with E-state index in [9.17, 15) is 10.1 Å². The largest absolute Gasteiger partial charge is 0.406 e. The van der Waals surface area contributed by atoms with Gasteiger partial charge in [-0.1, -0.05) is 0 Å². The molecule has 2 heterocycles. The number of nitrogens with zero attached hydrogens (tertiary/aromatic N) is 3. The topological polar surface area (TPSA) is 91.5 Å². The minimum Gasteiger partial charge on any atom is -0.378 e. The highest BCUT2D eigenvalue weighted by molar-refractivity contribution is 5.53. The van der Waals surface area contributed by atoms with Crippen LogP contribution in [0, 0.1) is 17.0 Å². The highest BCUT2D eigenvalue weighted by Crippen LogP contribution is 2.27. The standard InChI is InChI=1S/C11H18N4O4/c1-8-13-10(15(16)17)9(14(8)2)12-6-11(18-3)4-5-19-7-11/h12H,4-7H2,1-3H3. The van der Waals surface area contributed by atoms with Crippen molar-refractivity contribution in [1.82, 2.24) is 9.55 Å². The molecular weight excluding hydrogens is 252 g/mol. The van der Waals surface area contributed by atoms with E-state index < -0.39 is 10.5 Å². The maximum atomic E-state index is 11.0. The van der Waals surface area contributed by atoms with Gasteiger partial charge < -0.3 is 24.9 Å². The summed E-state index contributed by atoms with van der Waals surface area (Å²) in [5.41, 5.74) is -0.425. The van der Waals surface area contributed by atoms with Crippen molar-refractivity contribution in [2.75, 3.05) is 32.2 Å². The first kappa shape index (κ1) is 13.8. The predicted octanol–water partition coefficient (Wildman–Crippen LogP) is 0.854. The zero-order valence-electron chi connectivity index (χ0n) is 11.3. The lowest BCUT2D eigenvalue weighted by Crippen LogP contribution is -2.40. The van der Waals surface area contributed by atoms with Crippen LogP contribution in [0.15, 0.2) is 0 Å². The molecule has 1 aromatic rings. The van der Waals surface area contributed by atoms with Gasteiger partial charge in [-0.15, -0.1) is 0 Å². The van der Waals surface area contributed by atoms with Crippen LogP contribution in [0.4, 0.5) is 11.6 Å². The van der Waals surface area contributed by atoms with Crippen LogP contribution >= 0.6 is 0 Å². The Morgan fingerprint density at radius 3 is 2.95 bits per heavy atom. The number of aryl methyl sites for hydroxylation is 1. The third-order valence-electron chi connectivity index (χ3n) is 3.55. The van der Waals surface area contributed by atoms with Gasteiger partial charge >= 0.3 is 5.82 Å². The van der Waals surface area contributed by atoms with Crippen LogP contribution in [0.3, 0.4) is 0 Å². The van der Waals surface area contributed by atoms with E-state index in [1.807, 2.05) is 0 Å². The first-order chi connectivity index (χ1) is 8.99. The summed E-state index contributed by atoms with van der Waals surface area (Å²) >= 11 is 0. The maximum Gasteiger partial charge on any atom is 0.406 e. The van der Waals surface area contributed by atoms with Gasteiger partial charge in [0.2, 0.25) is 11.6 Å². The van der Waals surface area contributed by atoms with Crippen molar-refractivity contribution in [3.05, 3.63) is 15.9 Å². The van der Waals surface area contributed by atoms with E-state index in [0.29, 0.717) is 31.4 Å². The number of imidazole rings is 1. The smallest absolute Gasteiger partial charge is 0.378 e. The number of ether oxygens (including phenoxy) is 2. The summed E-state index contributed by atoms with van der Waals surface area (Å²) in [6.45, 7) is 3.30. The van der Waals surface area contributed by atoms with Crippen molar-refractivity contribution in [2.24, 2.45) is 7.05 Å². The summed E-state index contributed by atoms with van der Waals surface area (Å²) in [7, 11) is 3.36. The maximum absolute atomic E-state index is 11.0. The van der Waals surface area contributed by atoms with Gasteiger partial charge in [0, 0.05) is 40.7 Å². The molecule has 1 saturated heterocycles. The number of hydrogen-bond donors (Lipinski definition) is 1. The molecule has 0 radical (unpaired) electrons. The number of nitrogens with one attached hydrogen (secondary N) is 1. The monoisotopic (exact) mass is 270 g/mol. The summed E-state index contributed by atoms with van der Waals surface area (Å²) in [5, 5.41) is 14.0. The van der Waals surface area contributed by atoms with Crippen LogP contribution in [0.1, 0.15) is 12.2 Å². The van der Waals surface area contributed by atoms with E-state index in [-0.39, 0.29) is 5.82 Å². The minimum absolute atomic E-state index is 0.162. The highest BCUT2D eigenvalue weighted by Gasteiger charge is 2.36. The van der Waals surface area contributed by atoms with Crippen molar-refractivity contribution in [3.63, 3.8) is 0 Å². The Labute approximate surface area is 110 Å². The second kappa shape index (κ2) is 5.14. The van der Waals surface area contributed by atoms with Gasteiger partial charge in [-0.2, -0.15) is 0 Å². The number of hydrogen-bond acceptors (Lipinski definition) is 6. The lowest BCUT2D eigenvalue weighted by atomic mass is 10.0. The Bertz CT molecular complexity index is 479. The number of anilines is 1. The van der Waals surface area contributed by atoms with Crippen LogP contribution in [-0.2, 0) is 16.5 Å². The number of rotatable bonds is 5. The Kier molecular flexibility index (Phi) is 3.72. The zero-order chi connectivity index (χ0) is 14.0. The molecule has 1 atom stereocenters. The second-order valence-corrected chi connectivity index (χ2v) is 4.69. The molecule has 1 unspecified atom stereocenters. The fourth-order valence-electron chi connectivity index (χ4n) is 2.12. The highest BCUT2D eigenvalue weighted by atomic mass is 16.6. The molecule has 8 heteroatoms. The molecule has 2 rings (SSSR count). The molecule has 1 aliphatic rings. The molecule has 0 saturated carbocycles. The zero-order valence-corrected chi connectivity index (χ0v) is 11.3. The third kappa shape index (κ3) is 2.54. The van der Waals surface area contributed by atoms with E-state index in [0.717, 1.165) is 6.42 Å². The Hall–Kier alpha value is -1.67. The summed E-state index contributed by atoms with van der Waals surface area (Å²) in [5.74, 6) is 0.819. The molecule has 8 nitrogen and oxygen atoms in total. The third-order valence-corrected chi connectivity index (χ3v) is 3.55. The molecular formula is C11H18N4O4. The Balaban J connectivity index is 2.17. The van der Waals surface area contributed by atoms with Crippen LogP contribution in [0.2, 0.25) is 0 Å². The number of nitro groups is 1. The average Bonchev–Trinajstić information content (AvgIpc) is 2.95. The molecule has 1 N–H and O–H groups in total. The lowest BCUT2D eigenvalue weighted by Gasteiger charge is -2.26. The molecule has 1 aromatic heterocycles. The van der Waals surface area contributed by atoms with Gasteiger partial charge in [0.1, 0.15) is 5.60 Å². The number of aromatic nitrogens is 2. The van der Waals surface area contributed by atoms with Gasteiger partial charge in [0.05, 0.1) is 6.61 Å². The molecule has 0 aromatic carbocycles. The normalized spacial score (nSPS) is 22.7. The van der Waals surface area contributed by atoms with E-state index in [1.54, 1.807) is 25.6 Å². The quantitative estimate of drug-likeness (QED) is 0.630. The summed E-state index contributed by atoms with van der Waals surface area (Å²) in [4.78, 5) is 14.4. The second-order valence-electron chi connectivity index (χ2n) is 4.69. The van der Waals surface area contributed by atoms with Gasteiger partial charge in [-0.05, 0) is 9.91 Å². The van der Waals surface area contributed by atoms with Crippen LogP contribution in [0.5, 0.6) is 0 Å². The average molecular weight is 270 g/mol. The van der Waals surface area contributed by atoms with Gasteiger partial charge in [-0.25, -0.2) is 0 Å². The fourth-order valence-corrected chi connectivity index (χ4v) is 2.12. The molecule has 19 heavy (non-hydrogen) atoms. The molecule has 0 bridgehead atoms. The van der Waals surface area contributed by atoms with Crippen molar-refractivity contribution < 1.29 is 14.4 Å². The van der Waals surface area contributed by atoms with Gasteiger partial charge in [0.25, 0.3) is 0 Å². The van der Waals surface area contributed by atoms with E-state index in [2.05, 4.69) is 10.3 Å². The van der Waals surface area contributed by atoms with E-state index in [1.165, 1.54) is 0 Å². The van der Waals surface area contributed by atoms with Gasteiger partial charge in [-0.3, -0.25) is 4.57 Å². The van der Waals surface area contributed by atoms with Crippen molar-refractivity contribution >= 4 is 11.6 Å². The lowest BCUT2D eigenvalue weighted by molar-refractivity contribution is -0.388. The van der Waals surface area contributed by atoms with Crippen LogP contribution < -0.4 is 5.32 Å². The van der Waals surface area contributed by atoms with Crippen LogP contribution in [0.25, 0.3) is 0 Å². The summed E-state index contributed by atoms with van der Waals surface area (Å²) in [6, 6.07) is 0. The fraction of sp³-hybridized carbons (Fsp3) is 0.727. The molecule has 106 valence electrons. The van der Waals surface area contributed by atoms with Crippen molar-refractivity contribution in [1.29, 1.82) is 0 Å². The Morgan fingerprint density at radius 1 is 1.68 bits per heavy atom. The van der Waals surface area contributed by atoms with Gasteiger partial charge in [0.15, 0.2) is 0 Å². The van der Waals surface area contributed by atoms with E-state index >= 15 is 0 Å². The first-order valence-electron chi connectivity index (χ1n) is 6.03. The van der Waals surface area contributed by atoms with Crippen molar-refractivity contribution in [3.8, 4) is 0 Å². The molecule has 1 aliphatic heterocycles. The predicted molar refractivity (Wildman–Crippen MR) is 68.3 cm³/mol. The molecule has 0 aliphatic carbocycles. The summed E-state index contributed by atoms with van der Waals surface area (Å²) in [6.07, 6.45) is 0.765. The van der Waals surface area contributed by atoms with Crippen molar-refractivity contribution in [2.45, 2.75) is 18.9 Å². The summed E-state index contributed by atoms with van der Waals surface area (Å²) < 4.78 is 12.5. The SMILES string of the molecule is COC1(CNc2c([N+](=O)[O-])nc(C)n2C)CCOC1. The number of methoxy groups -OCH3 is 1. The first-order valence-corrected chi connectivity index (χ1v) is 6.03. The molecule has 1 fully saturated rings. The van der Waals surface area contributed by atoms with E-state index in [4.69, 9.17) is 9.47 Å². The molecule has 0 amide bonds.